The maximum Gasteiger partial charge on any atom is 0.317 e. The van der Waals surface area contributed by atoms with E-state index in [0.717, 1.165) is 32.4 Å². The molecule has 100 valence electrons. The molecule has 3 nitrogen and oxygen atoms in total. The van der Waals surface area contributed by atoms with Crippen LogP contribution in [0.4, 0.5) is 4.79 Å². The van der Waals surface area contributed by atoms with E-state index in [0.29, 0.717) is 12.0 Å². The zero-order chi connectivity index (χ0) is 12.7. The van der Waals surface area contributed by atoms with Gasteiger partial charge in [0.15, 0.2) is 0 Å². The van der Waals surface area contributed by atoms with Crippen LogP contribution in [-0.2, 0) is 0 Å². The van der Waals surface area contributed by atoms with Crippen molar-refractivity contribution < 1.29 is 4.79 Å². The first kappa shape index (κ1) is 14.3. The highest BCUT2D eigenvalue weighted by Crippen LogP contribution is 2.17. The van der Waals surface area contributed by atoms with Gasteiger partial charge >= 0.3 is 6.03 Å². The monoisotopic (exact) mass is 240 g/mol. The van der Waals surface area contributed by atoms with E-state index in [4.69, 9.17) is 0 Å². The number of nitrogens with one attached hydrogen (secondary N) is 1. The molecule has 3 heteroatoms. The third-order valence-corrected chi connectivity index (χ3v) is 3.83. The molecule has 0 spiro atoms. The summed E-state index contributed by atoms with van der Waals surface area (Å²) >= 11 is 0. The largest absolute Gasteiger partial charge is 0.335 e. The molecular formula is C14H28N2O. The topological polar surface area (TPSA) is 32.3 Å². The van der Waals surface area contributed by atoms with Crippen LogP contribution in [0.5, 0.6) is 0 Å². The Bertz CT molecular complexity index is 224. The number of urea groups is 1. The highest BCUT2D eigenvalue weighted by Gasteiger charge is 2.19. The standard InChI is InChI=1S/C14H28N2O/c1-4-12(3)11-16(5-2)14(17)15-13-9-7-6-8-10-13/h12-13H,4-11H2,1-3H3,(H,15,17). The third-order valence-electron chi connectivity index (χ3n) is 3.83. The quantitative estimate of drug-likeness (QED) is 0.785. The summed E-state index contributed by atoms with van der Waals surface area (Å²) in [5.74, 6) is 0.590. The average molecular weight is 240 g/mol. The van der Waals surface area contributed by atoms with Gasteiger partial charge in [-0.3, -0.25) is 0 Å². The van der Waals surface area contributed by atoms with E-state index in [1.54, 1.807) is 0 Å². The smallest absolute Gasteiger partial charge is 0.317 e. The van der Waals surface area contributed by atoms with Gasteiger partial charge in [-0.1, -0.05) is 39.5 Å². The van der Waals surface area contributed by atoms with Crippen molar-refractivity contribution in [1.29, 1.82) is 0 Å². The molecule has 0 aromatic heterocycles. The minimum atomic E-state index is 0.139. The van der Waals surface area contributed by atoms with Crippen molar-refractivity contribution in [3.8, 4) is 0 Å². The minimum absolute atomic E-state index is 0.139. The number of nitrogens with zero attached hydrogens (tertiary/aromatic N) is 1. The molecule has 1 saturated carbocycles. The van der Waals surface area contributed by atoms with Crippen molar-refractivity contribution in [1.82, 2.24) is 10.2 Å². The fraction of sp³-hybridized carbons (Fsp3) is 0.929. The molecule has 1 aliphatic rings. The Kier molecular flexibility index (Phi) is 6.38. The molecule has 1 N–H and O–H groups in total. The molecule has 17 heavy (non-hydrogen) atoms. The van der Waals surface area contributed by atoms with Crippen LogP contribution < -0.4 is 5.32 Å². The van der Waals surface area contributed by atoms with Crippen LogP contribution in [0.15, 0.2) is 0 Å². The summed E-state index contributed by atoms with van der Waals surface area (Å²) in [7, 11) is 0. The van der Waals surface area contributed by atoms with Gasteiger partial charge < -0.3 is 10.2 Å². The van der Waals surface area contributed by atoms with Gasteiger partial charge in [0, 0.05) is 19.1 Å². The molecule has 0 saturated heterocycles. The first-order valence-corrected chi connectivity index (χ1v) is 7.22. The van der Waals surface area contributed by atoms with E-state index in [2.05, 4.69) is 26.1 Å². The Labute approximate surface area is 106 Å². The summed E-state index contributed by atoms with van der Waals surface area (Å²) in [4.78, 5) is 14.1. The van der Waals surface area contributed by atoms with E-state index < -0.39 is 0 Å². The number of hydrogen-bond donors (Lipinski definition) is 1. The van der Waals surface area contributed by atoms with E-state index in [-0.39, 0.29) is 6.03 Å². The second kappa shape index (κ2) is 7.57. The minimum Gasteiger partial charge on any atom is -0.335 e. The average Bonchev–Trinajstić information content (AvgIpc) is 2.36. The van der Waals surface area contributed by atoms with Crippen molar-refractivity contribution in [2.75, 3.05) is 13.1 Å². The highest BCUT2D eigenvalue weighted by molar-refractivity contribution is 5.74. The zero-order valence-corrected chi connectivity index (χ0v) is 11.7. The van der Waals surface area contributed by atoms with Gasteiger partial charge in [0.1, 0.15) is 0 Å². The van der Waals surface area contributed by atoms with Gasteiger partial charge in [-0.2, -0.15) is 0 Å². The second-order valence-electron chi connectivity index (χ2n) is 5.34. The zero-order valence-electron chi connectivity index (χ0n) is 11.7. The lowest BCUT2D eigenvalue weighted by Gasteiger charge is -2.29. The molecule has 0 bridgehead atoms. The van der Waals surface area contributed by atoms with Crippen molar-refractivity contribution >= 4 is 6.03 Å². The molecule has 0 aromatic rings. The molecule has 2 amide bonds. The SMILES string of the molecule is CCC(C)CN(CC)C(=O)NC1CCCCC1. The van der Waals surface area contributed by atoms with Gasteiger partial charge in [0.05, 0.1) is 0 Å². The summed E-state index contributed by atoms with van der Waals surface area (Å²) in [5.41, 5.74) is 0. The molecular weight excluding hydrogens is 212 g/mol. The first-order valence-electron chi connectivity index (χ1n) is 7.22. The predicted octanol–water partition coefficient (Wildman–Crippen LogP) is 3.40. The maximum atomic E-state index is 12.1. The van der Waals surface area contributed by atoms with Crippen molar-refractivity contribution in [3.63, 3.8) is 0 Å². The molecule has 1 unspecified atom stereocenters. The fourth-order valence-electron chi connectivity index (χ4n) is 2.37. The first-order chi connectivity index (χ1) is 8.17. The lowest BCUT2D eigenvalue weighted by atomic mass is 9.96. The van der Waals surface area contributed by atoms with Crippen molar-refractivity contribution in [2.24, 2.45) is 5.92 Å². The maximum absolute atomic E-state index is 12.1. The van der Waals surface area contributed by atoms with Gasteiger partial charge in [-0.05, 0) is 25.7 Å². The van der Waals surface area contributed by atoms with E-state index in [9.17, 15) is 4.79 Å². The van der Waals surface area contributed by atoms with Crippen LogP contribution >= 0.6 is 0 Å². The van der Waals surface area contributed by atoms with E-state index >= 15 is 0 Å². The van der Waals surface area contributed by atoms with Crippen molar-refractivity contribution in [3.05, 3.63) is 0 Å². The molecule has 0 aromatic carbocycles. The van der Waals surface area contributed by atoms with Crippen LogP contribution in [0.2, 0.25) is 0 Å². The fourth-order valence-corrected chi connectivity index (χ4v) is 2.37. The summed E-state index contributed by atoms with van der Waals surface area (Å²) in [5, 5.41) is 3.19. The number of rotatable bonds is 5. The Hall–Kier alpha value is -0.730. The predicted molar refractivity (Wildman–Crippen MR) is 72.1 cm³/mol. The van der Waals surface area contributed by atoms with E-state index in [1.807, 2.05) is 4.90 Å². The van der Waals surface area contributed by atoms with Crippen LogP contribution in [0.25, 0.3) is 0 Å². The summed E-state index contributed by atoms with van der Waals surface area (Å²) in [6.07, 6.45) is 7.31. The molecule has 1 aliphatic carbocycles. The number of amides is 2. The summed E-state index contributed by atoms with van der Waals surface area (Å²) in [6.45, 7) is 8.13. The molecule has 1 atom stereocenters. The third kappa shape index (κ3) is 4.97. The van der Waals surface area contributed by atoms with Crippen LogP contribution in [0.3, 0.4) is 0 Å². The van der Waals surface area contributed by atoms with Crippen LogP contribution in [-0.4, -0.2) is 30.1 Å². The molecule has 1 rings (SSSR count). The summed E-state index contributed by atoms with van der Waals surface area (Å²) in [6, 6.07) is 0.557. The molecule has 0 heterocycles. The Morgan fingerprint density at radius 1 is 1.29 bits per heavy atom. The van der Waals surface area contributed by atoms with Crippen molar-refractivity contribution in [2.45, 2.75) is 65.3 Å². The highest BCUT2D eigenvalue weighted by atomic mass is 16.2. The summed E-state index contributed by atoms with van der Waals surface area (Å²) < 4.78 is 0. The molecule has 0 radical (unpaired) electrons. The molecule has 0 aliphatic heterocycles. The van der Waals surface area contributed by atoms with Crippen LogP contribution in [0, 0.1) is 5.92 Å². The number of hydrogen-bond acceptors (Lipinski definition) is 1. The van der Waals surface area contributed by atoms with E-state index in [1.165, 1.54) is 19.3 Å². The second-order valence-corrected chi connectivity index (χ2v) is 5.34. The Morgan fingerprint density at radius 3 is 2.47 bits per heavy atom. The molecule has 1 fully saturated rings. The normalized spacial score (nSPS) is 18.8. The van der Waals surface area contributed by atoms with Gasteiger partial charge in [0.25, 0.3) is 0 Å². The number of carbonyl (C=O) groups excluding carboxylic acids is 1. The van der Waals surface area contributed by atoms with Gasteiger partial charge in [-0.25, -0.2) is 4.79 Å². The Morgan fingerprint density at radius 2 is 1.94 bits per heavy atom. The van der Waals surface area contributed by atoms with Crippen LogP contribution in [0.1, 0.15) is 59.3 Å². The lowest BCUT2D eigenvalue weighted by molar-refractivity contribution is 0.184. The Balaban J connectivity index is 2.36. The number of carbonyl (C=O) groups is 1. The lowest BCUT2D eigenvalue weighted by Crippen LogP contribution is -2.46. The van der Waals surface area contributed by atoms with Gasteiger partial charge in [0.2, 0.25) is 0 Å². The van der Waals surface area contributed by atoms with Gasteiger partial charge in [-0.15, -0.1) is 0 Å².